The highest BCUT2D eigenvalue weighted by Crippen LogP contribution is 2.20. The molecule has 0 saturated carbocycles. The van der Waals surface area contributed by atoms with Gasteiger partial charge in [0, 0.05) is 0 Å². The van der Waals surface area contributed by atoms with Gasteiger partial charge in [-0.3, -0.25) is 0 Å². The SMILES string of the molecule is CCC[C@H](C(C)C)C(O)CO. The molecule has 0 bridgehead atoms. The maximum atomic E-state index is 9.37. The second kappa shape index (κ2) is 5.56. The molecule has 0 aliphatic heterocycles. The largest absolute Gasteiger partial charge is 0.394 e. The topological polar surface area (TPSA) is 40.5 Å². The van der Waals surface area contributed by atoms with E-state index in [1.165, 1.54) is 0 Å². The highest BCUT2D eigenvalue weighted by atomic mass is 16.3. The molecule has 0 aliphatic rings. The predicted molar refractivity (Wildman–Crippen MR) is 46.3 cm³/mol. The molecular formula is C9H20O2. The first-order chi connectivity index (χ1) is 5.13. The normalized spacial score (nSPS) is 16.9. The van der Waals surface area contributed by atoms with E-state index in [0.29, 0.717) is 5.92 Å². The van der Waals surface area contributed by atoms with Crippen molar-refractivity contribution in [3.05, 3.63) is 0 Å². The standard InChI is InChI=1S/C9H20O2/c1-4-5-8(7(2)3)9(11)6-10/h7-11H,4-6H2,1-3H3/t8-,9?/m1/s1. The summed E-state index contributed by atoms with van der Waals surface area (Å²) in [5.41, 5.74) is 0. The van der Waals surface area contributed by atoms with Crippen molar-refractivity contribution in [2.24, 2.45) is 11.8 Å². The van der Waals surface area contributed by atoms with E-state index in [4.69, 9.17) is 5.11 Å². The van der Waals surface area contributed by atoms with Gasteiger partial charge in [-0.15, -0.1) is 0 Å². The molecule has 0 heterocycles. The van der Waals surface area contributed by atoms with Gasteiger partial charge in [-0.1, -0.05) is 27.2 Å². The van der Waals surface area contributed by atoms with Gasteiger partial charge in [0.25, 0.3) is 0 Å². The summed E-state index contributed by atoms with van der Waals surface area (Å²) in [6.45, 7) is 6.15. The summed E-state index contributed by atoms with van der Waals surface area (Å²) in [6.07, 6.45) is 1.54. The number of rotatable bonds is 5. The second-order valence-corrected chi connectivity index (χ2v) is 3.45. The molecule has 0 rings (SSSR count). The lowest BCUT2D eigenvalue weighted by Crippen LogP contribution is -2.28. The van der Waals surface area contributed by atoms with Crippen LogP contribution in [0.3, 0.4) is 0 Å². The van der Waals surface area contributed by atoms with Crippen LogP contribution in [-0.2, 0) is 0 Å². The molecule has 2 N–H and O–H groups in total. The van der Waals surface area contributed by atoms with E-state index >= 15 is 0 Å². The van der Waals surface area contributed by atoms with Crippen LogP contribution >= 0.6 is 0 Å². The lowest BCUT2D eigenvalue weighted by Gasteiger charge is -2.24. The average Bonchev–Trinajstić information content (AvgIpc) is 1.98. The Morgan fingerprint density at radius 2 is 1.82 bits per heavy atom. The maximum Gasteiger partial charge on any atom is 0.0801 e. The molecule has 0 fully saturated rings. The third-order valence-corrected chi connectivity index (χ3v) is 2.16. The van der Waals surface area contributed by atoms with Crippen LogP contribution in [0.5, 0.6) is 0 Å². The van der Waals surface area contributed by atoms with Gasteiger partial charge < -0.3 is 10.2 Å². The van der Waals surface area contributed by atoms with Gasteiger partial charge in [-0.2, -0.15) is 0 Å². The van der Waals surface area contributed by atoms with Crippen molar-refractivity contribution in [2.45, 2.75) is 39.7 Å². The van der Waals surface area contributed by atoms with Crippen molar-refractivity contribution in [1.29, 1.82) is 0 Å². The molecule has 0 aromatic carbocycles. The minimum Gasteiger partial charge on any atom is -0.394 e. The van der Waals surface area contributed by atoms with E-state index in [1.54, 1.807) is 0 Å². The Hall–Kier alpha value is -0.0800. The number of aliphatic hydroxyl groups excluding tert-OH is 2. The first kappa shape index (κ1) is 10.9. The van der Waals surface area contributed by atoms with Crippen LogP contribution in [0, 0.1) is 11.8 Å². The van der Waals surface area contributed by atoms with Crippen LogP contribution in [0.15, 0.2) is 0 Å². The van der Waals surface area contributed by atoms with E-state index in [0.717, 1.165) is 12.8 Å². The van der Waals surface area contributed by atoms with Gasteiger partial charge in [-0.25, -0.2) is 0 Å². The molecule has 2 heteroatoms. The third-order valence-electron chi connectivity index (χ3n) is 2.16. The Bertz CT molecular complexity index is 91.6. The number of aliphatic hydroxyl groups is 2. The lowest BCUT2D eigenvalue weighted by atomic mass is 9.87. The van der Waals surface area contributed by atoms with Crippen LogP contribution in [0.4, 0.5) is 0 Å². The van der Waals surface area contributed by atoms with Gasteiger partial charge in [0.2, 0.25) is 0 Å². The van der Waals surface area contributed by atoms with Gasteiger partial charge >= 0.3 is 0 Å². The Morgan fingerprint density at radius 3 is 2.09 bits per heavy atom. The monoisotopic (exact) mass is 160 g/mol. The first-order valence-corrected chi connectivity index (χ1v) is 4.42. The van der Waals surface area contributed by atoms with E-state index in [1.807, 2.05) is 0 Å². The summed E-state index contributed by atoms with van der Waals surface area (Å²) in [4.78, 5) is 0. The Morgan fingerprint density at radius 1 is 1.27 bits per heavy atom. The highest BCUT2D eigenvalue weighted by Gasteiger charge is 2.20. The fraction of sp³-hybridized carbons (Fsp3) is 1.00. The predicted octanol–water partition coefficient (Wildman–Crippen LogP) is 1.41. The minimum absolute atomic E-state index is 0.108. The summed E-state index contributed by atoms with van der Waals surface area (Å²) >= 11 is 0. The maximum absolute atomic E-state index is 9.37. The molecule has 0 aromatic rings. The molecule has 0 saturated heterocycles. The van der Waals surface area contributed by atoms with Crippen LogP contribution < -0.4 is 0 Å². The van der Waals surface area contributed by atoms with Crippen LogP contribution in [0.25, 0.3) is 0 Å². The molecule has 0 radical (unpaired) electrons. The van der Waals surface area contributed by atoms with Gasteiger partial charge in [0.1, 0.15) is 0 Å². The zero-order valence-corrected chi connectivity index (χ0v) is 7.75. The van der Waals surface area contributed by atoms with Crippen molar-refractivity contribution < 1.29 is 10.2 Å². The summed E-state index contributed by atoms with van der Waals surface area (Å²) < 4.78 is 0. The average molecular weight is 160 g/mol. The fourth-order valence-corrected chi connectivity index (χ4v) is 1.44. The van der Waals surface area contributed by atoms with E-state index in [-0.39, 0.29) is 12.5 Å². The summed E-state index contributed by atoms with van der Waals surface area (Å²) in [5, 5.41) is 18.1. The molecule has 68 valence electrons. The van der Waals surface area contributed by atoms with E-state index in [9.17, 15) is 5.11 Å². The van der Waals surface area contributed by atoms with Crippen LogP contribution in [0.1, 0.15) is 33.6 Å². The van der Waals surface area contributed by atoms with Crippen LogP contribution in [0.2, 0.25) is 0 Å². The molecular weight excluding hydrogens is 140 g/mol. The minimum atomic E-state index is -0.532. The van der Waals surface area contributed by atoms with Crippen molar-refractivity contribution in [1.82, 2.24) is 0 Å². The zero-order valence-electron chi connectivity index (χ0n) is 7.75. The summed E-state index contributed by atoms with van der Waals surface area (Å²) in [5.74, 6) is 0.710. The first-order valence-electron chi connectivity index (χ1n) is 4.42. The molecule has 0 aliphatic carbocycles. The van der Waals surface area contributed by atoms with Crippen molar-refractivity contribution in [3.63, 3.8) is 0 Å². The number of hydrogen-bond acceptors (Lipinski definition) is 2. The van der Waals surface area contributed by atoms with E-state index in [2.05, 4.69) is 20.8 Å². The van der Waals surface area contributed by atoms with Crippen molar-refractivity contribution in [3.8, 4) is 0 Å². The van der Waals surface area contributed by atoms with Crippen molar-refractivity contribution in [2.75, 3.05) is 6.61 Å². The molecule has 0 amide bonds. The fourth-order valence-electron chi connectivity index (χ4n) is 1.44. The smallest absolute Gasteiger partial charge is 0.0801 e. The summed E-state index contributed by atoms with van der Waals surface area (Å²) in [6, 6.07) is 0. The second-order valence-electron chi connectivity index (χ2n) is 3.45. The van der Waals surface area contributed by atoms with Crippen molar-refractivity contribution >= 4 is 0 Å². The Labute approximate surface area is 69.2 Å². The molecule has 11 heavy (non-hydrogen) atoms. The van der Waals surface area contributed by atoms with Gasteiger partial charge in [0.15, 0.2) is 0 Å². The lowest BCUT2D eigenvalue weighted by molar-refractivity contribution is 0.0251. The molecule has 0 spiro atoms. The molecule has 2 nitrogen and oxygen atoms in total. The molecule has 0 aromatic heterocycles. The van der Waals surface area contributed by atoms with Gasteiger partial charge in [0.05, 0.1) is 12.7 Å². The Balaban J connectivity index is 3.87. The Kier molecular flexibility index (Phi) is 5.51. The van der Waals surface area contributed by atoms with Gasteiger partial charge in [-0.05, 0) is 18.3 Å². The zero-order chi connectivity index (χ0) is 8.85. The van der Waals surface area contributed by atoms with Crippen LogP contribution in [-0.4, -0.2) is 22.9 Å². The number of hydrogen-bond donors (Lipinski definition) is 2. The molecule has 2 atom stereocenters. The summed E-state index contributed by atoms with van der Waals surface area (Å²) in [7, 11) is 0. The molecule has 1 unspecified atom stereocenters. The quantitative estimate of drug-likeness (QED) is 0.638. The van der Waals surface area contributed by atoms with E-state index < -0.39 is 6.10 Å². The highest BCUT2D eigenvalue weighted by molar-refractivity contribution is 4.70. The third kappa shape index (κ3) is 3.73.